The highest BCUT2D eigenvalue weighted by Gasteiger charge is 2.30. The Hall–Kier alpha value is -1.96. The quantitative estimate of drug-likeness (QED) is 0.628. The van der Waals surface area contributed by atoms with Gasteiger partial charge in [-0.05, 0) is 39.5 Å². The maximum absolute atomic E-state index is 12.5. The molecule has 22 heavy (non-hydrogen) atoms. The molecule has 1 aliphatic heterocycles. The van der Waals surface area contributed by atoms with E-state index in [2.05, 4.69) is 5.10 Å². The molecule has 1 aromatic rings. The first-order valence-electron chi connectivity index (χ1n) is 7.54. The molecular formula is C14H22N4O4. The molecule has 2 rings (SSSR count). The van der Waals surface area contributed by atoms with Crippen molar-refractivity contribution in [1.29, 1.82) is 0 Å². The predicted octanol–water partition coefficient (Wildman–Crippen LogP) is 1.17. The number of hydrogen-bond donors (Lipinski definition) is 1. The first-order chi connectivity index (χ1) is 10.5. The SMILES string of the molecule is Cc1nn(CC(=O)N2CCCC2CCCO)c(C)c1[N+](=O)[O-]. The summed E-state index contributed by atoms with van der Waals surface area (Å²) >= 11 is 0. The lowest BCUT2D eigenvalue weighted by molar-refractivity contribution is -0.386. The van der Waals surface area contributed by atoms with Crippen LogP contribution in [0.25, 0.3) is 0 Å². The fourth-order valence-electron chi connectivity index (χ4n) is 3.12. The van der Waals surface area contributed by atoms with Crippen LogP contribution in [0.5, 0.6) is 0 Å². The van der Waals surface area contributed by atoms with E-state index in [1.807, 2.05) is 4.90 Å². The number of hydrogen-bond acceptors (Lipinski definition) is 5. The number of nitro groups is 1. The third-order valence-corrected chi connectivity index (χ3v) is 4.20. The average Bonchev–Trinajstić information content (AvgIpc) is 3.01. The summed E-state index contributed by atoms with van der Waals surface area (Å²) in [6, 6.07) is 0.159. The van der Waals surface area contributed by atoms with Crippen molar-refractivity contribution < 1.29 is 14.8 Å². The molecule has 1 fully saturated rings. The fraction of sp³-hybridized carbons (Fsp3) is 0.714. The van der Waals surface area contributed by atoms with Gasteiger partial charge in [-0.15, -0.1) is 0 Å². The van der Waals surface area contributed by atoms with Crippen LogP contribution in [0.1, 0.15) is 37.1 Å². The maximum atomic E-state index is 12.5. The van der Waals surface area contributed by atoms with Crippen molar-refractivity contribution in [3.05, 3.63) is 21.5 Å². The van der Waals surface area contributed by atoms with Crippen molar-refractivity contribution in [2.45, 2.75) is 52.1 Å². The highest BCUT2D eigenvalue weighted by Crippen LogP contribution is 2.24. The van der Waals surface area contributed by atoms with E-state index in [1.165, 1.54) is 4.68 Å². The van der Waals surface area contributed by atoms with Crippen LogP contribution in [0.2, 0.25) is 0 Å². The first-order valence-corrected chi connectivity index (χ1v) is 7.54. The molecule has 1 aromatic heterocycles. The number of carbonyl (C=O) groups excluding carboxylic acids is 1. The van der Waals surface area contributed by atoms with Gasteiger partial charge in [-0.25, -0.2) is 0 Å². The lowest BCUT2D eigenvalue weighted by Gasteiger charge is -2.24. The number of aliphatic hydroxyl groups excluding tert-OH is 1. The number of carbonyl (C=O) groups is 1. The molecule has 0 spiro atoms. The van der Waals surface area contributed by atoms with Crippen molar-refractivity contribution in [2.75, 3.05) is 13.2 Å². The minimum absolute atomic E-state index is 0.0222. The number of likely N-dealkylation sites (tertiary alicyclic amines) is 1. The summed E-state index contributed by atoms with van der Waals surface area (Å²) in [5.41, 5.74) is 0.710. The number of aromatic nitrogens is 2. The second-order valence-corrected chi connectivity index (χ2v) is 5.68. The molecular weight excluding hydrogens is 288 g/mol. The average molecular weight is 310 g/mol. The molecule has 1 aliphatic rings. The highest BCUT2D eigenvalue weighted by atomic mass is 16.6. The molecule has 0 radical (unpaired) electrons. The van der Waals surface area contributed by atoms with E-state index in [9.17, 15) is 14.9 Å². The van der Waals surface area contributed by atoms with Gasteiger partial charge in [0, 0.05) is 19.2 Å². The molecule has 1 unspecified atom stereocenters. The van der Waals surface area contributed by atoms with Gasteiger partial charge in [0.25, 0.3) is 0 Å². The molecule has 2 heterocycles. The van der Waals surface area contributed by atoms with Gasteiger partial charge >= 0.3 is 5.69 Å². The van der Waals surface area contributed by atoms with Crippen LogP contribution in [-0.2, 0) is 11.3 Å². The fourth-order valence-corrected chi connectivity index (χ4v) is 3.12. The Morgan fingerprint density at radius 2 is 2.23 bits per heavy atom. The van der Waals surface area contributed by atoms with Gasteiger partial charge in [0.1, 0.15) is 17.9 Å². The summed E-state index contributed by atoms with van der Waals surface area (Å²) in [4.78, 5) is 24.8. The summed E-state index contributed by atoms with van der Waals surface area (Å²) in [5, 5.41) is 24.0. The van der Waals surface area contributed by atoms with Crippen LogP contribution < -0.4 is 0 Å². The van der Waals surface area contributed by atoms with Crippen LogP contribution in [0.15, 0.2) is 0 Å². The smallest absolute Gasteiger partial charge is 0.312 e. The number of rotatable bonds is 6. The van der Waals surface area contributed by atoms with E-state index < -0.39 is 4.92 Å². The van der Waals surface area contributed by atoms with Gasteiger partial charge in [-0.2, -0.15) is 5.10 Å². The van der Waals surface area contributed by atoms with E-state index in [-0.39, 0.29) is 30.8 Å². The normalized spacial score (nSPS) is 18.0. The lowest BCUT2D eigenvalue weighted by atomic mass is 10.1. The van der Waals surface area contributed by atoms with Crippen LogP contribution in [0, 0.1) is 24.0 Å². The second-order valence-electron chi connectivity index (χ2n) is 5.68. The molecule has 1 amide bonds. The van der Waals surface area contributed by atoms with E-state index >= 15 is 0 Å². The predicted molar refractivity (Wildman–Crippen MR) is 79.4 cm³/mol. The molecule has 1 saturated heterocycles. The monoisotopic (exact) mass is 310 g/mol. The van der Waals surface area contributed by atoms with Crippen molar-refractivity contribution in [2.24, 2.45) is 0 Å². The molecule has 0 aromatic carbocycles. The largest absolute Gasteiger partial charge is 0.396 e. The van der Waals surface area contributed by atoms with E-state index in [4.69, 9.17) is 5.11 Å². The highest BCUT2D eigenvalue weighted by molar-refractivity contribution is 5.76. The van der Waals surface area contributed by atoms with Crippen LogP contribution in [-0.4, -0.2) is 49.8 Å². The lowest BCUT2D eigenvalue weighted by Crippen LogP contribution is -2.38. The van der Waals surface area contributed by atoms with Crippen molar-refractivity contribution in [1.82, 2.24) is 14.7 Å². The van der Waals surface area contributed by atoms with E-state index in [0.717, 1.165) is 19.3 Å². The Labute approximate surface area is 128 Å². The van der Waals surface area contributed by atoms with Gasteiger partial charge in [-0.3, -0.25) is 19.6 Å². The molecule has 122 valence electrons. The molecule has 8 nitrogen and oxygen atoms in total. The van der Waals surface area contributed by atoms with Crippen molar-refractivity contribution >= 4 is 11.6 Å². The van der Waals surface area contributed by atoms with Gasteiger partial charge in [0.15, 0.2) is 0 Å². The third kappa shape index (κ3) is 3.27. The van der Waals surface area contributed by atoms with E-state index in [0.29, 0.717) is 24.4 Å². The Morgan fingerprint density at radius 3 is 2.82 bits per heavy atom. The van der Waals surface area contributed by atoms with Crippen molar-refractivity contribution in [3.63, 3.8) is 0 Å². The van der Waals surface area contributed by atoms with Gasteiger partial charge in [0.05, 0.1) is 4.92 Å². The Bertz CT molecular complexity index is 569. The summed E-state index contributed by atoms with van der Waals surface area (Å²) in [6.07, 6.45) is 3.38. The number of amides is 1. The second kappa shape index (κ2) is 6.87. The van der Waals surface area contributed by atoms with Crippen LogP contribution in [0.3, 0.4) is 0 Å². The molecule has 0 saturated carbocycles. The van der Waals surface area contributed by atoms with Gasteiger partial charge < -0.3 is 10.0 Å². The maximum Gasteiger partial charge on any atom is 0.312 e. The zero-order valence-electron chi connectivity index (χ0n) is 13.0. The topological polar surface area (TPSA) is 102 Å². The molecule has 0 aliphatic carbocycles. The molecule has 8 heteroatoms. The minimum Gasteiger partial charge on any atom is -0.396 e. The van der Waals surface area contributed by atoms with Crippen molar-refractivity contribution in [3.8, 4) is 0 Å². The Balaban J connectivity index is 2.09. The number of aliphatic hydroxyl groups is 1. The summed E-state index contributed by atoms with van der Waals surface area (Å²) in [7, 11) is 0. The molecule has 0 bridgehead atoms. The summed E-state index contributed by atoms with van der Waals surface area (Å²) < 4.78 is 1.41. The van der Waals surface area contributed by atoms with E-state index in [1.54, 1.807) is 13.8 Å². The zero-order chi connectivity index (χ0) is 16.3. The van der Waals surface area contributed by atoms with Crippen LogP contribution >= 0.6 is 0 Å². The number of aryl methyl sites for hydroxylation is 1. The zero-order valence-corrected chi connectivity index (χ0v) is 13.0. The number of nitrogens with zero attached hydrogens (tertiary/aromatic N) is 4. The van der Waals surface area contributed by atoms with Gasteiger partial charge in [0.2, 0.25) is 5.91 Å². The Kier molecular flexibility index (Phi) is 5.12. The summed E-state index contributed by atoms with van der Waals surface area (Å²) in [5.74, 6) is -0.0686. The summed E-state index contributed by atoms with van der Waals surface area (Å²) in [6.45, 7) is 4.04. The standard InChI is InChI=1S/C14H22N4O4/c1-10-14(18(21)22)11(2)17(15-10)9-13(20)16-7-3-5-12(16)6-4-8-19/h12,19H,3-9H2,1-2H3. The first kappa shape index (κ1) is 16.4. The molecule has 1 N–H and O–H groups in total. The van der Waals surface area contributed by atoms with Crippen LogP contribution in [0.4, 0.5) is 5.69 Å². The van der Waals surface area contributed by atoms with Gasteiger partial charge in [-0.1, -0.05) is 0 Å². The minimum atomic E-state index is -0.460. The Morgan fingerprint density at radius 1 is 1.50 bits per heavy atom. The third-order valence-electron chi connectivity index (χ3n) is 4.20. The molecule has 1 atom stereocenters.